The fraction of sp³-hybridized carbons (Fsp3) is 0.452. The van der Waals surface area contributed by atoms with Gasteiger partial charge in [0.25, 0.3) is 5.91 Å². The number of rotatable bonds is 5. The molecule has 1 amide bonds. The maximum Gasteiger partial charge on any atom is 0.394 e. The average Bonchev–Trinajstić information content (AvgIpc) is 3.72. The third-order valence-electron chi connectivity index (χ3n) is 8.83. The Morgan fingerprint density at radius 1 is 1.10 bits per heavy atom. The molecule has 3 aromatic rings. The summed E-state index contributed by atoms with van der Waals surface area (Å²) >= 11 is 1.26. The molecular formula is C31H34F3N5O2S. The maximum atomic E-state index is 14.3. The van der Waals surface area contributed by atoms with E-state index in [0.29, 0.717) is 30.0 Å². The highest BCUT2D eigenvalue weighted by atomic mass is 32.2. The molecule has 2 heterocycles. The molecule has 2 saturated carbocycles. The van der Waals surface area contributed by atoms with Crippen molar-refractivity contribution in [3.63, 3.8) is 0 Å². The van der Waals surface area contributed by atoms with E-state index in [0.717, 1.165) is 21.6 Å². The molecule has 6 rings (SSSR count). The zero-order valence-corrected chi connectivity index (χ0v) is 24.6. The minimum Gasteiger partial charge on any atom is -0.475 e. The van der Waals surface area contributed by atoms with Crippen molar-refractivity contribution in [1.82, 2.24) is 20.2 Å². The molecule has 1 unspecified atom stereocenters. The first-order valence-corrected chi connectivity index (χ1v) is 15.1. The van der Waals surface area contributed by atoms with Crippen LogP contribution in [-0.2, 0) is 0 Å². The van der Waals surface area contributed by atoms with Crippen LogP contribution in [0.25, 0.3) is 11.3 Å². The largest absolute Gasteiger partial charge is 0.475 e. The van der Waals surface area contributed by atoms with Crippen molar-refractivity contribution in [3.05, 3.63) is 65.2 Å². The number of anilines is 1. The number of nitrogens with zero attached hydrogens (tertiary/aromatic N) is 3. The van der Waals surface area contributed by atoms with Gasteiger partial charge < -0.3 is 15.0 Å². The van der Waals surface area contributed by atoms with Crippen LogP contribution in [0, 0.1) is 19.3 Å². The molecule has 1 aromatic heterocycles. The number of carbonyl (C=O) groups is 1. The Morgan fingerprint density at radius 3 is 2.48 bits per heavy atom. The summed E-state index contributed by atoms with van der Waals surface area (Å²) in [6.45, 7) is 3.90. The summed E-state index contributed by atoms with van der Waals surface area (Å²) in [5, 5.41) is 3.22. The van der Waals surface area contributed by atoms with E-state index in [1.54, 1.807) is 29.2 Å². The predicted octanol–water partition coefficient (Wildman–Crippen LogP) is 6.57. The molecule has 2 fully saturated rings. The van der Waals surface area contributed by atoms with E-state index in [-0.39, 0.29) is 49.7 Å². The van der Waals surface area contributed by atoms with Gasteiger partial charge in [-0.2, -0.15) is 18.2 Å². The van der Waals surface area contributed by atoms with Crippen LogP contribution in [-0.4, -0.2) is 58.7 Å². The van der Waals surface area contributed by atoms with E-state index in [2.05, 4.69) is 15.0 Å². The third kappa shape index (κ3) is 5.56. The normalized spacial score (nSPS) is 23.4. The summed E-state index contributed by atoms with van der Waals surface area (Å²) in [6, 6.07) is 14.1. The first-order valence-electron chi connectivity index (χ1n) is 14.2. The summed E-state index contributed by atoms with van der Waals surface area (Å²) in [5.74, 6) is 0.272. The fourth-order valence-electron chi connectivity index (χ4n) is 6.14. The first kappa shape index (κ1) is 28.8. The highest BCUT2D eigenvalue weighted by Crippen LogP contribution is 2.61. The molecule has 1 atom stereocenters. The van der Waals surface area contributed by atoms with Crippen LogP contribution in [0.4, 0.5) is 19.1 Å². The first-order chi connectivity index (χ1) is 20.1. The van der Waals surface area contributed by atoms with Gasteiger partial charge in [0.1, 0.15) is 6.61 Å². The third-order valence-corrected chi connectivity index (χ3v) is 9.60. The van der Waals surface area contributed by atoms with Gasteiger partial charge in [0, 0.05) is 34.2 Å². The van der Waals surface area contributed by atoms with Gasteiger partial charge in [-0.3, -0.25) is 9.52 Å². The molecule has 222 valence electrons. The molecule has 2 aromatic carbocycles. The number of benzene rings is 2. The Labute approximate surface area is 247 Å². The van der Waals surface area contributed by atoms with Gasteiger partial charge in [0.05, 0.1) is 17.2 Å². The molecule has 3 aliphatic rings. The molecule has 2 aliphatic carbocycles. The fourth-order valence-corrected chi connectivity index (χ4v) is 6.78. The van der Waals surface area contributed by atoms with Crippen molar-refractivity contribution in [2.24, 2.45) is 5.41 Å². The summed E-state index contributed by atoms with van der Waals surface area (Å²) in [4.78, 5) is 25.9. The second kappa shape index (κ2) is 11.1. The van der Waals surface area contributed by atoms with E-state index >= 15 is 0 Å². The molecule has 42 heavy (non-hydrogen) atoms. The maximum absolute atomic E-state index is 14.3. The van der Waals surface area contributed by atoms with Gasteiger partial charge in [-0.1, -0.05) is 24.3 Å². The smallest absolute Gasteiger partial charge is 0.394 e. The molecule has 0 spiro atoms. The molecule has 0 radical (unpaired) electrons. The van der Waals surface area contributed by atoms with Gasteiger partial charge in [-0.15, -0.1) is 0 Å². The Kier molecular flexibility index (Phi) is 7.59. The van der Waals surface area contributed by atoms with E-state index in [1.807, 2.05) is 45.2 Å². The molecule has 7 nitrogen and oxygen atoms in total. The lowest BCUT2D eigenvalue weighted by Crippen LogP contribution is -2.59. The Bertz CT molecular complexity index is 1470. The van der Waals surface area contributed by atoms with Crippen LogP contribution in [0.2, 0.25) is 0 Å². The standard InChI is InChI=1S/C31H34F3N5O2S/c1-18-6-4-7-19(2)27(18)25-15-26-37-29(36-25)38-42-24-9-5-8-20(12-24)28(40)39(22-13-21(14-22)35-3)23(17-41-26)16-30(10-11-30)31(32,33)34/h4-9,12,15,21-23,35H,10-11,13-14,16-17H2,1-3H3,(H,36,37,38). The highest BCUT2D eigenvalue weighted by Gasteiger charge is 2.64. The summed E-state index contributed by atoms with van der Waals surface area (Å²) < 4.78 is 52.2. The summed E-state index contributed by atoms with van der Waals surface area (Å²) in [6.07, 6.45) is -3.11. The minimum atomic E-state index is -4.35. The summed E-state index contributed by atoms with van der Waals surface area (Å²) in [5.41, 5.74) is 2.28. The number of hydrogen-bond acceptors (Lipinski definition) is 7. The predicted molar refractivity (Wildman–Crippen MR) is 157 cm³/mol. The van der Waals surface area contributed by atoms with Crippen LogP contribution in [0.3, 0.4) is 0 Å². The number of ether oxygens (including phenoxy) is 1. The van der Waals surface area contributed by atoms with E-state index in [9.17, 15) is 18.0 Å². The van der Waals surface area contributed by atoms with Crippen LogP contribution >= 0.6 is 11.9 Å². The minimum absolute atomic E-state index is 0.0588. The van der Waals surface area contributed by atoms with Gasteiger partial charge >= 0.3 is 6.18 Å². The van der Waals surface area contributed by atoms with E-state index < -0.39 is 17.6 Å². The van der Waals surface area contributed by atoms with Gasteiger partial charge in [-0.05, 0) is 94.3 Å². The van der Waals surface area contributed by atoms with Crippen LogP contribution in [0.1, 0.15) is 53.6 Å². The number of aromatic nitrogens is 2. The second-order valence-corrected chi connectivity index (χ2v) is 12.6. The number of fused-ring (bicyclic) bond motifs is 4. The number of alkyl halides is 3. The molecule has 4 bridgehead atoms. The topological polar surface area (TPSA) is 79.4 Å². The zero-order chi connectivity index (χ0) is 29.6. The Balaban J connectivity index is 1.44. The number of aryl methyl sites for hydroxylation is 2. The SMILES string of the molecule is CNC1CC(N2C(=O)c3cccc(c3)SNc3nc(cc(-c4c(C)cccc4C)n3)OCC2CC2(C(F)(F)F)CC2)C1. The van der Waals surface area contributed by atoms with Gasteiger partial charge in [0.15, 0.2) is 0 Å². The second-order valence-electron chi connectivity index (χ2n) is 11.7. The lowest BCUT2D eigenvalue weighted by molar-refractivity contribution is -0.193. The quantitative estimate of drug-likeness (QED) is 0.322. The van der Waals surface area contributed by atoms with E-state index in [4.69, 9.17) is 9.72 Å². The Hall–Kier alpha value is -3.31. The number of halogens is 3. The lowest BCUT2D eigenvalue weighted by atomic mass is 9.83. The van der Waals surface area contributed by atoms with Crippen molar-refractivity contribution in [2.45, 2.75) is 75.1 Å². The van der Waals surface area contributed by atoms with Crippen LogP contribution in [0.5, 0.6) is 5.88 Å². The number of carbonyl (C=O) groups excluding carboxylic acids is 1. The lowest BCUT2D eigenvalue weighted by Gasteiger charge is -2.47. The van der Waals surface area contributed by atoms with Crippen molar-refractivity contribution in [1.29, 1.82) is 0 Å². The van der Waals surface area contributed by atoms with E-state index in [1.165, 1.54) is 11.9 Å². The average molecular weight is 598 g/mol. The van der Waals surface area contributed by atoms with Crippen molar-refractivity contribution < 1.29 is 22.7 Å². The molecule has 0 saturated heterocycles. The summed E-state index contributed by atoms with van der Waals surface area (Å²) in [7, 11) is 1.86. The number of nitrogens with one attached hydrogen (secondary N) is 2. The zero-order valence-electron chi connectivity index (χ0n) is 23.8. The number of amides is 1. The highest BCUT2D eigenvalue weighted by molar-refractivity contribution is 8.00. The molecule has 11 heteroatoms. The molecular weight excluding hydrogens is 563 g/mol. The van der Waals surface area contributed by atoms with Crippen molar-refractivity contribution >= 4 is 23.8 Å². The van der Waals surface area contributed by atoms with Crippen molar-refractivity contribution in [2.75, 3.05) is 18.4 Å². The van der Waals surface area contributed by atoms with Crippen LogP contribution in [0.15, 0.2) is 53.4 Å². The van der Waals surface area contributed by atoms with Gasteiger partial charge in [0.2, 0.25) is 11.8 Å². The van der Waals surface area contributed by atoms with Crippen LogP contribution < -0.4 is 14.8 Å². The van der Waals surface area contributed by atoms with Crippen molar-refractivity contribution in [3.8, 4) is 17.1 Å². The molecule has 2 N–H and O–H groups in total. The Morgan fingerprint density at radius 2 is 1.81 bits per heavy atom. The monoisotopic (exact) mass is 597 g/mol. The molecule has 1 aliphatic heterocycles. The number of hydrogen-bond donors (Lipinski definition) is 2. The van der Waals surface area contributed by atoms with Gasteiger partial charge in [-0.25, -0.2) is 4.98 Å².